The number of carbonyl (C=O) groups excluding carboxylic acids is 2. The third-order valence-corrected chi connectivity index (χ3v) is 5.03. The van der Waals surface area contributed by atoms with Crippen LogP contribution >= 0.6 is 22.7 Å². The van der Waals surface area contributed by atoms with Gasteiger partial charge in [-0.1, -0.05) is 17.4 Å². The van der Waals surface area contributed by atoms with Crippen LogP contribution in [-0.2, 0) is 4.79 Å². The predicted molar refractivity (Wildman–Crippen MR) is 96.6 cm³/mol. The van der Waals surface area contributed by atoms with Crippen molar-refractivity contribution < 1.29 is 14.0 Å². The first kappa shape index (κ1) is 17.2. The molecule has 3 rings (SSSR count). The van der Waals surface area contributed by atoms with Crippen molar-refractivity contribution in [2.45, 2.75) is 13.8 Å². The molecule has 0 aliphatic heterocycles. The second-order valence-corrected chi connectivity index (χ2v) is 6.97. The maximum atomic E-state index is 13.2. The summed E-state index contributed by atoms with van der Waals surface area (Å²) in [5, 5.41) is 7.73. The van der Waals surface area contributed by atoms with Gasteiger partial charge >= 0.3 is 0 Å². The molecule has 128 valence electrons. The second-order valence-electron chi connectivity index (χ2n) is 5.12. The lowest BCUT2D eigenvalue weighted by atomic mass is 10.3. The lowest BCUT2D eigenvalue weighted by Gasteiger charge is -2.02. The average Bonchev–Trinajstić information content (AvgIpc) is 3.13. The number of nitrogens with zero attached hydrogens (tertiary/aromatic N) is 2. The van der Waals surface area contributed by atoms with Crippen LogP contribution in [-0.4, -0.2) is 21.8 Å². The van der Waals surface area contributed by atoms with Crippen LogP contribution in [0.3, 0.4) is 0 Å². The van der Waals surface area contributed by atoms with E-state index in [0.717, 1.165) is 10.6 Å². The Balaban J connectivity index is 1.79. The molecule has 2 amide bonds. The summed E-state index contributed by atoms with van der Waals surface area (Å²) >= 11 is 2.47. The Morgan fingerprint density at radius 1 is 1.20 bits per heavy atom. The fourth-order valence-corrected chi connectivity index (χ4v) is 3.82. The molecule has 0 bridgehead atoms. The maximum absolute atomic E-state index is 13.2. The van der Waals surface area contributed by atoms with Crippen LogP contribution in [0.15, 0.2) is 29.6 Å². The predicted octanol–water partition coefficient (Wildman–Crippen LogP) is 3.92. The number of carbonyl (C=O) groups is 2. The van der Waals surface area contributed by atoms with E-state index in [4.69, 9.17) is 0 Å². The highest BCUT2D eigenvalue weighted by atomic mass is 32.1. The Morgan fingerprint density at radius 3 is 2.72 bits per heavy atom. The van der Waals surface area contributed by atoms with Crippen molar-refractivity contribution in [3.8, 4) is 10.6 Å². The van der Waals surface area contributed by atoms with Crippen molar-refractivity contribution in [3.63, 3.8) is 0 Å². The molecule has 25 heavy (non-hydrogen) atoms. The Morgan fingerprint density at radius 2 is 2.00 bits per heavy atom. The molecule has 0 unspecified atom stereocenters. The van der Waals surface area contributed by atoms with Gasteiger partial charge in [-0.25, -0.2) is 14.4 Å². The highest BCUT2D eigenvalue weighted by molar-refractivity contribution is 7.19. The number of anilines is 2. The van der Waals surface area contributed by atoms with E-state index in [9.17, 15) is 14.0 Å². The zero-order valence-electron chi connectivity index (χ0n) is 13.3. The van der Waals surface area contributed by atoms with Crippen molar-refractivity contribution in [3.05, 3.63) is 46.2 Å². The highest BCUT2D eigenvalue weighted by Crippen LogP contribution is 2.33. The summed E-state index contributed by atoms with van der Waals surface area (Å²) in [6.45, 7) is 3.22. The summed E-state index contributed by atoms with van der Waals surface area (Å²) in [5.41, 5.74) is 1.70. The second kappa shape index (κ2) is 7.08. The molecule has 0 aliphatic rings. The molecule has 2 N–H and O–H groups in total. The van der Waals surface area contributed by atoms with Crippen LogP contribution in [0, 0.1) is 12.7 Å². The van der Waals surface area contributed by atoms with E-state index in [1.807, 2.05) is 6.92 Å². The van der Waals surface area contributed by atoms with E-state index in [0.29, 0.717) is 16.5 Å². The van der Waals surface area contributed by atoms with Crippen LogP contribution in [0.5, 0.6) is 0 Å². The molecule has 0 atom stereocenters. The molecule has 2 heterocycles. The Hall–Kier alpha value is -2.65. The van der Waals surface area contributed by atoms with Crippen LogP contribution in [0.4, 0.5) is 15.2 Å². The summed E-state index contributed by atoms with van der Waals surface area (Å²) < 4.78 is 13.2. The first-order valence-electron chi connectivity index (χ1n) is 7.20. The van der Waals surface area contributed by atoms with Gasteiger partial charge in [-0.05, 0) is 25.1 Å². The average molecular weight is 376 g/mol. The van der Waals surface area contributed by atoms with Gasteiger partial charge in [-0.2, -0.15) is 0 Å². The number of benzene rings is 1. The number of aryl methyl sites for hydroxylation is 1. The lowest BCUT2D eigenvalue weighted by Crippen LogP contribution is -2.11. The molecular formula is C16H13FN4O2S2. The lowest BCUT2D eigenvalue weighted by molar-refractivity contribution is -0.114. The fourth-order valence-electron chi connectivity index (χ4n) is 2.07. The molecule has 1 aromatic carbocycles. The molecule has 0 fully saturated rings. The van der Waals surface area contributed by atoms with E-state index >= 15 is 0 Å². The van der Waals surface area contributed by atoms with Crippen LogP contribution in [0.25, 0.3) is 10.6 Å². The fraction of sp³-hybridized carbons (Fsp3) is 0.125. The molecule has 0 spiro atoms. The van der Waals surface area contributed by atoms with Gasteiger partial charge in [0.25, 0.3) is 5.91 Å². The normalized spacial score (nSPS) is 10.5. The number of thiazole rings is 2. The van der Waals surface area contributed by atoms with Gasteiger partial charge in [0, 0.05) is 18.0 Å². The monoisotopic (exact) mass is 376 g/mol. The van der Waals surface area contributed by atoms with Gasteiger partial charge in [0.1, 0.15) is 5.82 Å². The summed E-state index contributed by atoms with van der Waals surface area (Å²) in [4.78, 5) is 32.7. The third-order valence-electron chi connectivity index (χ3n) is 3.09. The van der Waals surface area contributed by atoms with Gasteiger partial charge in [0.05, 0.1) is 16.3 Å². The van der Waals surface area contributed by atoms with E-state index < -0.39 is 11.7 Å². The van der Waals surface area contributed by atoms with Gasteiger partial charge in [0.2, 0.25) is 5.91 Å². The standard InChI is InChI=1S/C16H13FN4O2S2/c1-8-13(25-16(18-8)19-9(2)22)12-7-24-15(21-12)14(23)20-11-5-3-4-10(17)6-11/h3-7H,1-2H3,(H,20,23)(H,18,19,22). The smallest absolute Gasteiger partial charge is 0.284 e. The zero-order valence-corrected chi connectivity index (χ0v) is 14.9. The molecule has 0 aliphatic carbocycles. The minimum atomic E-state index is -0.427. The molecule has 0 saturated heterocycles. The summed E-state index contributed by atoms with van der Waals surface area (Å²) in [5.74, 6) is -1.04. The Kier molecular flexibility index (Phi) is 4.86. The number of nitrogens with one attached hydrogen (secondary N) is 2. The van der Waals surface area contributed by atoms with Crippen LogP contribution < -0.4 is 10.6 Å². The Bertz CT molecular complexity index is 951. The zero-order chi connectivity index (χ0) is 18.0. The van der Waals surface area contributed by atoms with Gasteiger partial charge in [-0.15, -0.1) is 11.3 Å². The van der Waals surface area contributed by atoms with Crippen LogP contribution in [0.1, 0.15) is 22.4 Å². The molecule has 9 heteroatoms. The highest BCUT2D eigenvalue weighted by Gasteiger charge is 2.17. The Labute approximate surface area is 150 Å². The number of aromatic nitrogens is 2. The number of hydrogen-bond acceptors (Lipinski definition) is 6. The molecule has 6 nitrogen and oxygen atoms in total. The first-order chi connectivity index (χ1) is 11.9. The van der Waals surface area contributed by atoms with Crippen molar-refractivity contribution in [1.29, 1.82) is 0 Å². The molecular weight excluding hydrogens is 363 g/mol. The van der Waals surface area contributed by atoms with E-state index in [2.05, 4.69) is 20.6 Å². The SMILES string of the molecule is CC(=O)Nc1nc(C)c(-c2csc(C(=O)Nc3cccc(F)c3)n2)s1. The quantitative estimate of drug-likeness (QED) is 0.723. The van der Waals surface area contributed by atoms with E-state index in [-0.39, 0.29) is 10.9 Å². The number of hydrogen-bond donors (Lipinski definition) is 2. The summed E-state index contributed by atoms with van der Waals surface area (Å²) in [6, 6.07) is 5.65. The topological polar surface area (TPSA) is 84.0 Å². The van der Waals surface area contributed by atoms with Crippen molar-refractivity contribution in [2.75, 3.05) is 10.6 Å². The molecule has 0 saturated carbocycles. The van der Waals surface area contributed by atoms with Gasteiger partial charge < -0.3 is 10.6 Å². The third kappa shape index (κ3) is 4.06. The number of amides is 2. The number of halogens is 1. The number of rotatable bonds is 4. The van der Waals surface area contributed by atoms with E-state index in [1.54, 1.807) is 11.4 Å². The minimum absolute atomic E-state index is 0.200. The summed E-state index contributed by atoms with van der Waals surface area (Å²) in [7, 11) is 0. The van der Waals surface area contributed by atoms with E-state index in [1.165, 1.54) is 47.8 Å². The van der Waals surface area contributed by atoms with Crippen molar-refractivity contribution >= 4 is 45.3 Å². The largest absolute Gasteiger partial charge is 0.320 e. The first-order valence-corrected chi connectivity index (χ1v) is 8.90. The molecule has 3 aromatic rings. The van der Waals surface area contributed by atoms with Gasteiger partial charge in [-0.3, -0.25) is 9.59 Å². The molecule has 0 radical (unpaired) electrons. The maximum Gasteiger partial charge on any atom is 0.284 e. The molecule has 2 aromatic heterocycles. The van der Waals surface area contributed by atoms with Crippen molar-refractivity contribution in [2.24, 2.45) is 0 Å². The van der Waals surface area contributed by atoms with Crippen LogP contribution in [0.2, 0.25) is 0 Å². The minimum Gasteiger partial charge on any atom is -0.320 e. The van der Waals surface area contributed by atoms with Crippen molar-refractivity contribution in [1.82, 2.24) is 9.97 Å². The summed E-state index contributed by atoms with van der Waals surface area (Å²) in [6.07, 6.45) is 0. The van der Waals surface area contributed by atoms with Gasteiger partial charge in [0.15, 0.2) is 10.1 Å².